The third kappa shape index (κ3) is 2.64. The SMILES string of the molecule is CO/N=C1\OC[C@H](C)[C@]1(C)CSc1ccccc1. The van der Waals surface area contributed by atoms with Crippen molar-refractivity contribution in [3.8, 4) is 0 Å². The number of nitrogens with zero attached hydrogens (tertiary/aromatic N) is 1. The Kier molecular flexibility index (Phi) is 4.17. The fourth-order valence-corrected chi connectivity index (χ4v) is 3.16. The second-order valence-corrected chi connectivity index (χ2v) is 5.86. The van der Waals surface area contributed by atoms with Crippen molar-refractivity contribution in [3.05, 3.63) is 30.3 Å². The lowest BCUT2D eigenvalue weighted by Crippen LogP contribution is -2.31. The summed E-state index contributed by atoms with van der Waals surface area (Å²) in [5.41, 5.74) is -0.0590. The summed E-state index contributed by atoms with van der Waals surface area (Å²) in [4.78, 5) is 6.15. The summed E-state index contributed by atoms with van der Waals surface area (Å²) < 4.78 is 5.62. The first-order valence-electron chi connectivity index (χ1n) is 6.09. The normalized spacial score (nSPS) is 29.3. The van der Waals surface area contributed by atoms with Crippen molar-refractivity contribution in [1.29, 1.82) is 0 Å². The molecule has 0 aromatic heterocycles. The third-order valence-corrected chi connectivity index (χ3v) is 4.85. The lowest BCUT2D eigenvalue weighted by molar-refractivity contribution is 0.194. The van der Waals surface area contributed by atoms with Crippen molar-refractivity contribution in [3.63, 3.8) is 0 Å². The van der Waals surface area contributed by atoms with E-state index < -0.39 is 0 Å². The molecular formula is C14H19NO2S. The second-order valence-electron chi connectivity index (χ2n) is 4.81. The Labute approximate surface area is 113 Å². The number of rotatable bonds is 4. The first-order valence-corrected chi connectivity index (χ1v) is 7.07. The van der Waals surface area contributed by atoms with E-state index >= 15 is 0 Å². The van der Waals surface area contributed by atoms with Gasteiger partial charge in [0.2, 0.25) is 5.90 Å². The van der Waals surface area contributed by atoms with Crippen LogP contribution in [0.1, 0.15) is 13.8 Å². The number of thioether (sulfide) groups is 1. The van der Waals surface area contributed by atoms with Crippen LogP contribution in [0.2, 0.25) is 0 Å². The Morgan fingerprint density at radius 2 is 2.17 bits per heavy atom. The van der Waals surface area contributed by atoms with E-state index in [1.54, 1.807) is 7.11 Å². The van der Waals surface area contributed by atoms with Gasteiger partial charge in [0.25, 0.3) is 0 Å². The Morgan fingerprint density at radius 1 is 1.44 bits per heavy atom. The number of hydrogen-bond acceptors (Lipinski definition) is 4. The summed E-state index contributed by atoms with van der Waals surface area (Å²) >= 11 is 1.83. The van der Waals surface area contributed by atoms with E-state index in [2.05, 4.69) is 43.3 Å². The molecule has 98 valence electrons. The summed E-state index contributed by atoms with van der Waals surface area (Å²) in [5, 5.41) is 4.02. The molecule has 1 heterocycles. The highest BCUT2D eigenvalue weighted by Gasteiger charge is 2.44. The monoisotopic (exact) mass is 265 g/mol. The van der Waals surface area contributed by atoms with Crippen LogP contribution >= 0.6 is 11.8 Å². The molecule has 0 amide bonds. The van der Waals surface area contributed by atoms with Crippen molar-refractivity contribution < 1.29 is 9.57 Å². The van der Waals surface area contributed by atoms with Gasteiger partial charge in [-0.1, -0.05) is 30.3 Å². The molecule has 1 aromatic carbocycles. The van der Waals surface area contributed by atoms with Gasteiger partial charge in [-0.25, -0.2) is 0 Å². The van der Waals surface area contributed by atoms with Crippen LogP contribution in [0.3, 0.4) is 0 Å². The van der Waals surface area contributed by atoms with Crippen molar-refractivity contribution >= 4 is 17.7 Å². The van der Waals surface area contributed by atoms with E-state index in [0.29, 0.717) is 12.5 Å². The number of hydrogen-bond donors (Lipinski definition) is 0. The molecule has 1 aliphatic rings. The Morgan fingerprint density at radius 3 is 2.83 bits per heavy atom. The van der Waals surface area contributed by atoms with Gasteiger partial charge in [0.1, 0.15) is 7.11 Å². The second kappa shape index (κ2) is 5.65. The van der Waals surface area contributed by atoms with Crippen LogP contribution in [-0.2, 0) is 9.57 Å². The van der Waals surface area contributed by atoms with Crippen LogP contribution in [0.15, 0.2) is 40.4 Å². The molecule has 0 radical (unpaired) electrons. The zero-order valence-corrected chi connectivity index (χ0v) is 11.9. The van der Waals surface area contributed by atoms with Crippen molar-refractivity contribution in [2.75, 3.05) is 19.5 Å². The Balaban J connectivity index is 2.08. The molecular weight excluding hydrogens is 246 g/mol. The quantitative estimate of drug-likeness (QED) is 0.617. The molecule has 2 atom stereocenters. The number of oxime groups is 1. The molecule has 1 aliphatic heterocycles. The number of ether oxygens (including phenoxy) is 1. The van der Waals surface area contributed by atoms with Gasteiger partial charge in [0.15, 0.2) is 0 Å². The first kappa shape index (κ1) is 13.3. The maximum Gasteiger partial charge on any atom is 0.232 e. The predicted molar refractivity (Wildman–Crippen MR) is 74.8 cm³/mol. The van der Waals surface area contributed by atoms with E-state index in [9.17, 15) is 0 Å². The molecule has 3 nitrogen and oxygen atoms in total. The number of benzene rings is 1. The van der Waals surface area contributed by atoms with E-state index in [0.717, 1.165) is 11.7 Å². The van der Waals surface area contributed by atoms with Crippen LogP contribution in [0.4, 0.5) is 0 Å². The molecule has 4 heteroatoms. The van der Waals surface area contributed by atoms with Gasteiger partial charge in [0, 0.05) is 16.6 Å². The standard InChI is InChI=1S/C14H19NO2S/c1-11-9-17-13(15-16-3)14(11,2)10-18-12-7-5-4-6-8-12/h4-8,11H,9-10H2,1-3H3/b15-13-/t11-,14-/m0/s1. The minimum atomic E-state index is -0.0590. The van der Waals surface area contributed by atoms with E-state index in [1.165, 1.54) is 4.90 Å². The summed E-state index contributed by atoms with van der Waals surface area (Å²) in [5.74, 6) is 2.11. The Hall–Kier alpha value is -1.16. The summed E-state index contributed by atoms with van der Waals surface area (Å²) in [6, 6.07) is 10.4. The maximum absolute atomic E-state index is 5.62. The lowest BCUT2D eigenvalue weighted by atomic mass is 9.82. The summed E-state index contributed by atoms with van der Waals surface area (Å²) in [6.45, 7) is 5.11. The van der Waals surface area contributed by atoms with E-state index in [4.69, 9.17) is 9.57 Å². The highest BCUT2D eigenvalue weighted by atomic mass is 32.2. The topological polar surface area (TPSA) is 30.8 Å². The zero-order chi connectivity index (χ0) is 13.0. The molecule has 0 spiro atoms. The smallest absolute Gasteiger partial charge is 0.232 e. The molecule has 18 heavy (non-hydrogen) atoms. The molecule has 2 rings (SSSR count). The summed E-state index contributed by atoms with van der Waals surface area (Å²) in [7, 11) is 1.56. The molecule has 1 aromatic rings. The molecule has 0 saturated carbocycles. The predicted octanol–water partition coefficient (Wildman–Crippen LogP) is 3.41. The molecule has 1 saturated heterocycles. The average Bonchev–Trinajstić information content (AvgIpc) is 2.67. The maximum atomic E-state index is 5.62. The van der Waals surface area contributed by atoms with Crippen molar-refractivity contribution in [2.45, 2.75) is 18.7 Å². The van der Waals surface area contributed by atoms with Gasteiger partial charge < -0.3 is 9.57 Å². The van der Waals surface area contributed by atoms with Gasteiger partial charge in [-0.2, -0.15) is 0 Å². The van der Waals surface area contributed by atoms with Gasteiger partial charge in [0.05, 0.1) is 12.0 Å². The molecule has 0 N–H and O–H groups in total. The average molecular weight is 265 g/mol. The van der Waals surface area contributed by atoms with E-state index in [-0.39, 0.29) is 5.41 Å². The fraction of sp³-hybridized carbons (Fsp3) is 0.500. The van der Waals surface area contributed by atoms with Crippen LogP contribution in [0, 0.1) is 11.3 Å². The first-order chi connectivity index (χ1) is 8.66. The summed E-state index contributed by atoms with van der Waals surface area (Å²) in [6.07, 6.45) is 0. The van der Waals surface area contributed by atoms with Crippen LogP contribution in [-0.4, -0.2) is 25.4 Å². The van der Waals surface area contributed by atoms with Crippen molar-refractivity contribution in [1.82, 2.24) is 0 Å². The molecule has 1 fully saturated rings. The lowest BCUT2D eigenvalue weighted by Gasteiger charge is -2.25. The molecule has 0 bridgehead atoms. The molecule has 0 aliphatic carbocycles. The zero-order valence-electron chi connectivity index (χ0n) is 11.1. The van der Waals surface area contributed by atoms with Gasteiger partial charge in [-0.05, 0) is 19.1 Å². The van der Waals surface area contributed by atoms with Crippen LogP contribution < -0.4 is 0 Å². The highest BCUT2D eigenvalue weighted by molar-refractivity contribution is 7.99. The van der Waals surface area contributed by atoms with Crippen molar-refractivity contribution in [2.24, 2.45) is 16.5 Å². The van der Waals surface area contributed by atoms with Crippen LogP contribution in [0.25, 0.3) is 0 Å². The molecule has 0 unspecified atom stereocenters. The highest BCUT2D eigenvalue weighted by Crippen LogP contribution is 2.40. The van der Waals surface area contributed by atoms with Gasteiger partial charge in [-0.3, -0.25) is 0 Å². The van der Waals surface area contributed by atoms with E-state index in [1.807, 2.05) is 17.8 Å². The Bertz CT molecular complexity index is 421. The fourth-order valence-electron chi connectivity index (χ4n) is 1.93. The largest absolute Gasteiger partial charge is 0.478 e. The third-order valence-electron chi connectivity index (χ3n) is 3.50. The minimum Gasteiger partial charge on any atom is -0.478 e. The van der Waals surface area contributed by atoms with Gasteiger partial charge in [-0.15, -0.1) is 11.8 Å². The van der Waals surface area contributed by atoms with Gasteiger partial charge >= 0.3 is 0 Å². The minimum absolute atomic E-state index is 0.0590. The van der Waals surface area contributed by atoms with Crippen LogP contribution in [0.5, 0.6) is 0 Å².